The Hall–Kier alpha value is -2.36. The Morgan fingerprint density at radius 2 is 1.85 bits per heavy atom. The van der Waals surface area contributed by atoms with Crippen LogP contribution in [0.1, 0.15) is 11.1 Å². The quantitative estimate of drug-likeness (QED) is 0.786. The molecule has 0 spiro atoms. The fourth-order valence-corrected chi connectivity index (χ4v) is 1.75. The maximum atomic E-state index is 13.8. The van der Waals surface area contributed by atoms with Crippen LogP contribution in [-0.2, 0) is 22.6 Å². The number of methoxy groups -OCH3 is 1. The van der Waals surface area contributed by atoms with Crippen LogP contribution in [0.5, 0.6) is 5.75 Å². The Balaban J connectivity index is 2.01. The molecule has 0 atom stereocenters. The maximum Gasteiger partial charge on any atom is 0.309 e. The molecule has 20 heavy (non-hydrogen) atoms. The Bertz CT molecular complexity index is 582. The van der Waals surface area contributed by atoms with Crippen molar-refractivity contribution in [3.63, 3.8) is 0 Å². The van der Waals surface area contributed by atoms with E-state index in [0.29, 0.717) is 12.2 Å². The molecule has 0 fully saturated rings. The van der Waals surface area contributed by atoms with E-state index in [0.717, 1.165) is 5.56 Å². The molecule has 0 aromatic heterocycles. The number of rotatable bonds is 5. The van der Waals surface area contributed by atoms with Crippen LogP contribution >= 0.6 is 0 Å². The second-order valence-electron chi connectivity index (χ2n) is 4.29. The van der Waals surface area contributed by atoms with Gasteiger partial charge in [-0.1, -0.05) is 36.4 Å². The minimum atomic E-state index is -0.484. The molecule has 2 aromatic carbocycles. The molecule has 0 aliphatic heterocycles. The fourth-order valence-electron chi connectivity index (χ4n) is 1.75. The van der Waals surface area contributed by atoms with Gasteiger partial charge in [0.05, 0.1) is 13.5 Å². The molecule has 0 heterocycles. The topological polar surface area (TPSA) is 35.5 Å². The van der Waals surface area contributed by atoms with Crippen LogP contribution in [0, 0.1) is 5.82 Å². The highest BCUT2D eigenvalue weighted by Crippen LogP contribution is 2.20. The van der Waals surface area contributed by atoms with Gasteiger partial charge in [0.2, 0.25) is 0 Å². The second kappa shape index (κ2) is 6.70. The van der Waals surface area contributed by atoms with Crippen LogP contribution < -0.4 is 4.74 Å². The summed E-state index contributed by atoms with van der Waals surface area (Å²) < 4.78 is 23.8. The summed E-state index contributed by atoms with van der Waals surface area (Å²) in [5.74, 6) is -0.716. The molecular formula is C16H15FO3. The predicted molar refractivity (Wildman–Crippen MR) is 72.9 cm³/mol. The molecule has 4 heteroatoms. The summed E-state index contributed by atoms with van der Waals surface area (Å²) >= 11 is 0. The summed E-state index contributed by atoms with van der Waals surface area (Å²) in [5, 5.41) is 0. The third-order valence-corrected chi connectivity index (χ3v) is 2.81. The standard InChI is InChI=1S/C16H15FO3/c1-19-16(18)10-13-7-8-15(14(17)9-13)20-11-12-5-3-2-4-6-12/h2-9H,10-11H2,1H3. The number of hydrogen-bond acceptors (Lipinski definition) is 3. The number of carbonyl (C=O) groups excluding carboxylic acids is 1. The highest BCUT2D eigenvalue weighted by Gasteiger charge is 2.08. The number of carbonyl (C=O) groups is 1. The normalized spacial score (nSPS) is 10.1. The number of halogens is 1. The zero-order valence-corrected chi connectivity index (χ0v) is 11.1. The third kappa shape index (κ3) is 3.82. The lowest BCUT2D eigenvalue weighted by atomic mass is 10.1. The van der Waals surface area contributed by atoms with Gasteiger partial charge in [-0.05, 0) is 23.3 Å². The first-order valence-electron chi connectivity index (χ1n) is 6.21. The molecule has 0 N–H and O–H groups in total. The zero-order chi connectivity index (χ0) is 14.4. The highest BCUT2D eigenvalue weighted by atomic mass is 19.1. The summed E-state index contributed by atoms with van der Waals surface area (Å²) in [6, 6.07) is 14.0. The van der Waals surface area contributed by atoms with Gasteiger partial charge in [0.15, 0.2) is 11.6 Å². The molecule has 0 amide bonds. The van der Waals surface area contributed by atoms with Crippen molar-refractivity contribution in [2.75, 3.05) is 7.11 Å². The molecule has 2 rings (SSSR count). The summed E-state index contributed by atoms with van der Waals surface area (Å²) in [6.07, 6.45) is 0.0480. The van der Waals surface area contributed by atoms with Crippen molar-refractivity contribution < 1.29 is 18.7 Å². The van der Waals surface area contributed by atoms with E-state index in [-0.39, 0.29) is 12.2 Å². The Kier molecular flexibility index (Phi) is 4.71. The van der Waals surface area contributed by atoms with Crippen molar-refractivity contribution in [1.29, 1.82) is 0 Å². The molecular weight excluding hydrogens is 259 g/mol. The van der Waals surface area contributed by atoms with Gasteiger partial charge in [-0.25, -0.2) is 4.39 Å². The minimum absolute atomic E-state index is 0.0480. The van der Waals surface area contributed by atoms with Crippen LogP contribution in [-0.4, -0.2) is 13.1 Å². The number of ether oxygens (including phenoxy) is 2. The van der Waals surface area contributed by atoms with E-state index in [1.54, 1.807) is 6.07 Å². The summed E-state index contributed by atoms with van der Waals surface area (Å²) in [6.45, 7) is 0.300. The predicted octanol–water partition coefficient (Wildman–Crippen LogP) is 3.12. The second-order valence-corrected chi connectivity index (χ2v) is 4.29. The van der Waals surface area contributed by atoms with Gasteiger partial charge < -0.3 is 9.47 Å². The first-order valence-corrected chi connectivity index (χ1v) is 6.21. The molecule has 0 saturated carbocycles. The Labute approximate surface area is 117 Å². The summed E-state index contributed by atoms with van der Waals surface area (Å²) in [4.78, 5) is 11.1. The van der Waals surface area contributed by atoms with E-state index in [9.17, 15) is 9.18 Å². The largest absolute Gasteiger partial charge is 0.486 e. The maximum absolute atomic E-state index is 13.8. The van der Waals surface area contributed by atoms with Crippen LogP contribution in [0.4, 0.5) is 4.39 Å². The zero-order valence-electron chi connectivity index (χ0n) is 11.1. The SMILES string of the molecule is COC(=O)Cc1ccc(OCc2ccccc2)c(F)c1. The first-order chi connectivity index (χ1) is 9.69. The average molecular weight is 274 g/mol. The fraction of sp³-hybridized carbons (Fsp3) is 0.188. The lowest BCUT2D eigenvalue weighted by molar-refractivity contribution is -0.139. The van der Waals surface area contributed by atoms with E-state index in [4.69, 9.17) is 4.74 Å². The van der Waals surface area contributed by atoms with E-state index in [1.165, 1.54) is 19.2 Å². The van der Waals surface area contributed by atoms with E-state index >= 15 is 0 Å². The Morgan fingerprint density at radius 3 is 2.50 bits per heavy atom. The first kappa shape index (κ1) is 14.1. The third-order valence-electron chi connectivity index (χ3n) is 2.81. The van der Waals surface area contributed by atoms with Crippen LogP contribution in [0.25, 0.3) is 0 Å². The molecule has 0 aliphatic rings. The number of esters is 1. The van der Waals surface area contributed by atoms with Gasteiger partial charge in [0.25, 0.3) is 0 Å². The van der Waals surface area contributed by atoms with Gasteiger partial charge in [-0.3, -0.25) is 4.79 Å². The van der Waals surface area contributed by atoms with Crippen LogP contribution in [0.3, 0.4) is 0 Å². The molecule has 3 nitrogen and oxygen atoms in total. The average Bonchev–Trinajstić information content (AvgIpc) is 2.47. The van der Waals surface area contributed by atoms with Crippen molar-refractivity contribution in [2.24, 2.45) is 0 Å². The van der Waals surface area contributed by atoms with E-state index < -0.39 is 11.8 Å². The molecule has 0 unspecified atom stereocenters. The van der Waals surface area contributed by atoms with Crippen molar-refractivity contribution in [3.05, 3.63) is 65.5 Å². The van der Waals surface area contributed by atoms with Crippen LogP contribution in [0.2, 0.25) is 0 Å². The van der Waals surface area contributed by atoms with Crippen molar-refractivity contribution >= 4 is 5.97 Å². The molecule has 104 valence electrons. The smallest absolute Gasteiger partial charge is 0.309 e. The monoisotopic (exact) mass is 274 g/mol. The van der Waals surface area contributed by atoms with E-state index in [1.807, 2.05) is 30.3 Å². The van der Waals surface area contributed by atoms with Gasteiger partial charge in [0, 0.05) is 0 Å². The van der Waals surface area contributed by atoms with Gasteiger partial charge in [0.1, 0.15) is 6.61 Å². The van der Waals surface area contributed by atoms with Gasteiger partial charge in [-0.15, -0.1) is 0 Å². The van der Waals surface area contributed by atoms with Crippen molar-refractivity contribution in [1.82, 2.24) is 0 Å². The lowest BCUT2D eigenvalue weighted by Gasteiger charge is -2.08. The molecule has 0 saturated heterocycles. The minimum Gasteiger partial charge on any atom is -0.486 e. The van der Waals surface area contributed by atoms with Crippen LogP contribution in [0.15, 0.2) is 48.5 Å². The Morgan fingerprint density at radius 1 is 1.10 bits per heavy atom. The molecule has 0 bridgehead atoms. The molecule has 0 radical (unpaired) electrons. The van der Waals surface area contributed by atoms with E-state index in [2.05, 4.69) is 4.74 Å². The molecule has 2 aromatic rings. The summed E-state index contributed by atoms with van der Waals surface area (Å²) in [5.41, 5.74) is 1.52. The number of hydrogen-bond donors (Lipinski definition) is 0. The van der Waals surface area contributed by atoms with Crippen molar-refractivity contribution in [2.45, 2.75) is 13.0 Å². The molecule has 0 aliphatic carbocycles. The highest BCUT2D eigenvalue weighted by molar-refractivity contribution is 5.72. The van der Waals surface area contributed by atoms with Gasteiger partial charge >= 0.3 is 5.97 Å². The van der Waals surface area contributed by atoms with Gasteiger partial charge in [-0.2, -0.15) is 0 Å². The number of benzene rings is 2. The van der Waals surface area contributed by atoms with Crippen molar-refractivity contribution in [3.8, 4) is 5.75 Å². The lowest BCUT2D eigenvalue weighted by Crippen LogP contribution is -2.05. The summed E-state index contributed by atoms with van der Waals surface area (Å²) in [7, 11) is 1.30.